The number of ketones is 1. The van der Waals surface area contributed by atoms with Crippen LogP contribution < -0.4 is 16.8 Å². The van der Waals surface area contributed by atoms with Crippen molar-refractivity contribution in [3.63, 3.8) is 0 Å². The molecular weight excluding hydrogens is 672 g/mol. The average molecular weight is 721 g/mol. The topological polar surface area (TPSA) is 190 Å². The van der Waals surface area contributed by atoms with Crippen LogP contribution in [-0.4, -0.2) is 81.3 Å². The highest BCUT2D eigenvalue weighted by molar-refractivity contribution is 6.04. The zero-order chi connectivity index (χ0) is 37.8. The first-order valence-electron chi connectivity index (χ1n) is 18.1. The first-order valence-corrected chi connectivity index (χ1v) is 18.1. The molecule has 6 aromatic rings. The van der Waals surface area contributed by atoms with E-state index in [1.165, 1.54) is 0 Å². The third-order valence-electron chi connectivity index (χ3n) is 9.68. The number of nitrogen functional groups attached to an aromatic ring is 1. The molecule has 2 aromatic carbocycles. The number of anilines is 2. The van der Waals surface area contributed by atoms with Crippen LogP contribution in [0.25, 0.3) is 22.1 Å². The molecule has 0 bridgehead atoms. The maximum absolute atomic E-state index is 14.1. The highest BCUT2D eigenvalue weighted by atomic mass is 16.2. The molecule has 0 fully saturated rings. The second-order valence-electron chi connectivity index (χ2n) is 13.5. The van der Waals surface area contributed by atoms with Crippen molar-refractivity contribution in [1.82, 2.24) is 43.6 Å². The van der Waals surface area contributed by atoms with Gasteiger partial charge in [-0.2, -0.15) is 10.2 Å². The van der Waals surface area contributed by atoms with Gasteiger partial charge in [-0.15, -0.1) is 0 Å². The summed E-state index contributed by atoms with van der Waals surface area (Å²) >= 11 is 0. The number of carbonyl (C=O) groups excluding carboxylic acids is 3. The number of nitrogens with zero attached hydrogens (tertiary/aromatic N) is 9. The maximum atomic E-state index is 14.1. The van der Waals surface area contributed by atoms with Crippen LogP contribution in [-0.2, 0) is 32.6 Å². The minimum Gasteiger partial charge on any atom is -0.369 e. The van der Waals surface area contributed by atoms with Crippen molar-refractivity contribution in [1.29, 1.82) is 0 Å². The average Bonchev–Trinajstić information content (AvgIpc) is 3.86. The summed E-state index contributed by atoms with van der Waals surface area (Å²) in [5.41, 5.74) is 19.0. The number of fused-ring (bicyclic) bond motifs is 2. The second-order valence-corrected chi connectivity index (χ2v) is 13.5. The van der Waals surface area contributed by atoms with Crippen LogP contribution in [0.1, 0.15) is 81.4 Å². The van der Waals surface area contributed by atoms with Crippen molar-refractivity contribution in [2.45, 2.75) is 79.6 Å². The van der Waals surface area contributed by atoms with Crippen LogP contribution in [0.2, 0.25) is 0 Å². The number of benzene rings is 2. The van der Waals surface area contributed by atoms with Gasteiger partial charge in [0.15, 0.2) is 5.78 Å². The number of hydrogen-bond donors (Lipinski definition) is 3. The molecule has 0 atom stereocenters. The summed E-state index contributed by atoms with van der Waals surface area (Å²) in [5, 5.41) is 12.3. The molecular formula is C38H48N12O3. The van der Waals surface area contributed by atoms with Gasteiger partial charge in [-0.3, -0.25) is 29.1 Å². The van der Waals surface area contributed by atoms with E-state index < -0.39 is 5.91 Å². The van der Waals surface area contributed by atoms with Gasteiger partial charge in [-0.1, -0.05) is 18.6 Å². The Labute approximate surface area is 308 Å². The molecule has 0 unspecified atom stereocenters. The van der Waals surface area contributed by atoms with Crippen LogP contribution >= 0.6 is 0 Å². The molecule has 5 N–H and O–H groups in total. The van der Waals surface area contributed by atoms with Gasteiger partial charge in [-0.05, 0) is 83.5 Å². The van der Waals surface area contributed by atoms with E-state index in [4.69, 9.17) is 21.5 Å². The molecule has 4 aromatic heterocycles. The number of Topliss-reactive ketones (excluding diaryl/α,β-unsaturated/α-hetero) is 1. The van der Waals surface area contributed by atoms with E-state index >= 15 is 0 Å². The highest BCUT2D eigenvalue weighted by Gasteiger charge is 2.24. The summed E-state index contributed by atoms with van der Waals surface area (Å²) in [5.74, 6) is -0.00746. The molecule has 0 aliphatic carbocycles. The summed E-state index contributed by atoms with van der Waals surface area (Å²) < 4.78 is 7.49. The smallest absolute Gasteiger partial charge is 0.276 e. The standard InChI is InChI=1S/C38H48N12O3/c1-6-49-34(28(25(3)45-49)12-8-7-11-17-50-33(26(4)51)22-24(2)44-50)36(53)43-38-42-30-23-27(35(39)52)15-16-32(30)48(38)21-19-46(5)18-20-47-31-14-10-9-13-29(31)41-37(47)40/h9-10,13-16,22-23H,6-8,11-12,17-21H2,1-5H3,(H2,39,52)(H2,40,41)(H,42,43,53). The molecule has 0 saturated heterocycles. The summed E-state index contributed by atoms with van der Waals surface area (Å²) in [6, 6.07) is 14.8. The molecule has 0 aliphatic rings. The Morgan fingerprint density at radius 1 is 0.849 bits per heavy atom. The Kier molecular flexibility index (Phi) is 11.0. The number of likely N-dealkylation sites (N-methyl/N-ethyl adjacent to an activating group) is 1. The number of rotatable bonds is 17. The molecule has 53 heavy (non-hydrogen) atoms. The molecule has 4 heterocycles. The predicted octanol–water partition coefficient (Wildman–Crippen LogP) is 4.60. The zero-order valence-corrected chi connectivity index (χ0v) is 31.1. The third kappa shape index (κ3) is 7.99. The molecule has 0 saturated carbocycles. The number of hydrogen-bond acceptors (Lipinski definition) is 9. The lowest BCUT2D eigenvalue weighted by Crippen LogP contribution is -2.28. The van der Waals surface area contributed by atoms with E-state index in [1.807, 2.05) is 73.4 Å². The first kappa shape index (κ1) is 36.9. The number of imidazole rings is 2. The maximum Gasteiger partial charge on any atom is 0.276 e. The third-order valence-corrected chi connectivity index (χ3v) is 9.68. The lowest BCUT2D eigenvalue weighted by molar-refractivity contribution is 0.0993. The fraction of sp³-hybridized carbons (Fsp3) is 0.395. The Bertz CT molecular complexity index is 2290. The van der Waals surface area contributed by atoms with E-state index in [9.17, 15) is 14.4 Å². The van der Waals surface area contributed by atoms with Gasteiger partial charge in [0.25, 0.3) is 5.91 Å². The van der Waals surface area contributed by atoms with Gasteiger partial charge in [0.05, 0.1) is 33.5 Å². The van der Waals surface area contributed by atoms with Crippen LogP contribution in [0.4, 0.5) is 11.9 Å². The van der Waals surface area contributed by atoms with Gasteiger partial charge in [0, 0.05) is 57.3 Å². The Hall–Kier alpha value is -5.83. The Morgan fingerprint density at radius 2 is 1.58 bits per heavy atom. The number of primary amides is 1. The normalized spacial score (nSPS) is 11.7. The Balaban J connectivity index is 1.17. The molecule has 0 spiro atoms. The second kappa shape index (κ2) is 15.8. The largest absolute Gasteiger partial charge is 0.369 e. The fourth-order valence-electron chi connectivity index (χ4n) is 6.89. The lowest BCUT2D eigenvalue weighted by atomic mass is 10.0. The molecule has 2 amide bonds. The van der Waals surface area contributed by atoms with Crippen molar-refractivity contribution in [2.75, 3.05) is 31.2 Å². The number of para-hydroxylation sites is 2. The number of nitrogens with two attached hydrogens (primary N) is 2. The summed E-state index contributed by atoms with van der Waals surface area (Å²) in [4.78, 5) is 49.6. The van der Waals surface area contributed by atoms with Crippen LogP contribution in [0, 0.1) is 13.8 Å². The Morgan fingerprint density at radius 3 is 2.32 bits per heavy atom. The van der Waals surface area contributed by atoms with Gasteiger partial charge >= 0.3 is 0 Å². The van der Waals surface area contributed by atoms with Gasteiger partial charge in [0.2, 0.25) is 17.8 Å². The van der Waals surface area contributed by atoms with Gasteiger partial charge < -0.3 is 25.5 Å². The minimum absolute atomic E-state index is 0.00256. The number of nitrogens with one attached hydrogen (secondary N) is 1. The summed E-state index contributed by atoms with van der Waals surface area (Å²) in [6.07, 6.45) is 3.25. The van der Waals surface area contributed by atoms with Crippen molar-refractivity contribution in [3.8, 4) is 0 Å². The van der Waals surface area contributed by atoms with E-state index in [2.05, 4.69) is 20.3 Å². The molecule has 0 aliphatic heterocycles. The summed E-state index contributed by atoms with van der Waals surface area (Å²) in [7, 11) is 2.03. The van der Waals surface area contributed by atoms with Crippen molar-refractivity contribution >= 4 is 51.6 Å². The summed E-state index contributed by atoms with van der Waals surface area (Å²) in [6.45, 7) is 11.0. The van der Waals surface area contributed by atoms with Crippen LogP contribution in [0.5, 0.6) is 0 Å². The van der Waals surface area contributed by atoms with E-state index in [0.29, 0.717) is 80.1 Å². The van der Waals surface area contributed by atoms with E-state index in [-0.39, 0.29) is 11.7 Å². The monoisotopic (exact) mass is 720 g/mol. The van der Waals surface area contributed by atoms with Gasteiger partial charge in [-0.25, -0.2) is 9.97 Å². The first-order chi connectivity index (χ1) is 25.4. The van der Waals surface area contributed by atoms with Crippen molar-refractivity contribution in [3.05, 3.63) is 82.4 Å². The molecule has 15 heteroatoms. The van der Waals surface area contributed by atoms with Crippen LogP contribution in [0.3, 0.4) is 0 Å². The number of unbranched alkanes of at least 4 members (excludes halogenated alkanes) is 2. The van der Waals surface area contributed by atoms with Crippen molar-refractivity contribution in [2.24, 2.45) is 5.73 Å². The van der Waals surface area contributed by atoms with Crippen LogP contribution in [0.15, 0.2) is 48.5 Å². The molecule has 278 valence electrons. The predicted molar refractivity (Wildman–Crippen MR) is 205 cm³/mol. The number of aromatic nitrogens is 8. The number of aryl methyl sites for hydroxylation is 4. The SMILES string of the molecule is CCn1nc(C)c(CCCCCn2nc(C)cc2C(C)=O)c1C(=O)Nc1nc2cc(C(N)=O)ccc2n1CCN(C)CCn1c(N)nc2ccccc21. The van der Waals surface area contributed by atoms with E-state index in [0.717, 1.165) is 52.8 Å². The zero-order valence-electron chi connectivity index (χ0n) is 31.1. The molecule has 0 radical (unpaired) electrons. The number of carbonyl (C=O) groups is 3. The quantitative estimate of drug-likeness (QED) is 0.0894. The lowest BCUT2D eigenvalue weighted by Gasteiger charge is -2.19. The molecule has 15 nitrogen and oxygen atoms in total. The van der Waals surface area contributed by atoms with E-state index in [1.54, 1.807) is 28.4 Å². The number of amides is 2. The molecule has 6 rings (SSSR count). The van der Waals surface area contributed by atoms with Gasteiger partial charge in [0.1, 0.15) is 11.4 Å². The highest BCUT2D eigenvalue weighted by Crippen LogP contribution is 2.24. The fourth-order valence-corrected chi connectivity index (χ4v) is 6.89. The van der Waals surface area contributed by atoms with Crippen molar-refractivity contribution < 1.29 is 14.4 Å². The minimum atomic E-state index is -0.552.